The van der Waals surface area contributed by atoms with Crippen molar-refractivity contribution in [3.05, 3.63) is 10.4 Å². The molecule has 0 aromatic carbocycles. The fourth-order valence-corrected chi connectivity index (χ4v) is 1.74. The van der Waals surface area contributed by atoms with Crippen LogP contribution in [0.1, 0.15) is 26.7 Å². The summed E-state index contributed by atoms with van der Waals surface area (Å²) in [4.78, 5) is 19.7. The van der Waals surface area contributed by atoms with Crippen LogP contribution in [-0.4, -0.2) is 30.7 Å². The van der Waals surface area contributed by atoms with Gasteiger partial charge in [0.2, 0.25) is 0 Å². The van der Waals surface area contributed by atoms with E-state index in [9.17, 15) is 4.79 Å². The number of hydrogen-bond donors (Lipinski definition) is 0. The van der Waals surface area contributed by atoms with Crippen LogP contribution in [0.2, 0.25) is 0 Å². The third-order valence-electron chi connectivity index (χ3n) is 2.77. The van der Waals surface area contributed by atoms with Crippen LogP contribution in [0.25, 0.3) is 10.4 Å². The summed E-state index contributed by atoms with van der Waals surface area (Å²) in [7, 11) is 1.46. The van der Waals surface area contributed by atoms with Gasteiger partial charge in [-0.25, -0.2) is 5.06 Å². The average Bonchev–Trinajstić information content (AvgIpc) is 2.20. The first-order valence-electron chi connectivity index (χ1n) is 4.91. The molecule has 1 heterocycles. The third kappa shape index (κ3) is 2.40. The Morgan fingerprint density at radius 1 is 1.73 bits per heavy atom. The Morgan fingerprint density at radius 2 is 2.40 bits per heavy atom. The minimum absolute atomic E-state index is 0.0469. The van der Waals surface area contributed by atoms with Crippen molar-refractivity contribution in [2.24, 2.45) is 10.5 Å². The molecule has 1 unspecified atom stereocenters. The molecule has 1 aliphatic rings. The number of hydroxylamine groups is 2. The summed E-state index contributed by atoms with van der Waals surface area (Å²) in [5.41, 5.74) is 7.85. The summed E-state index contributed by atoms with van der Waals surface area (Å²) in [6.07, 6.45) is 1.59. The highest BCUT2D eigenvalue weighted by Crippen LogP contribution is 2.33. The largest absolute Gasteiger partial charge is 0.274 e. The Morgan fingerprint density at radius 3 is 2.93 bits per heavy atom. The van der Waals surface area contributed by atoms with Gasteiger partial charge in [-0.15, -0.1) is 0 Å². The molecule has 1 rings (SSSR count). The maximum atomic E-state index is 11.9. The Labute approximate surface area is 88.8 Å². The second-order valence-electron chi connectivity index (χ2n) is 4.30. The Hall–Kier alpha value is -1.26. The number of carbonyl (C=O) groups excluding carboxylic acids is 1. The molecule has 1 amide bonds. The second kappa shape index (κ2) is 4.51. The van der Waals surface area contributed by atoms with Gasteiger partial charge in [0, 0.05) is 16.9 Å². The molecule has 1 aliphatic heterocycles. The molecule has 6 heteroatoms. The molecule has 0 bridgehead atoms. The lowest BCUT2D eigenvalue weighted by atomic mass is 9.81. The summed E-state index contributed by atoms with van der Waals surface area (Å²) in [5, 5.41) is 4.81. The molecule has 0 saturated carbocycles. The molecule has 15 heavy (non-hydrogen) atoms. The smallest absolute Gasteiger partial charge is 0.252 e. The molecule has 0 aromatic heterocycles. The minimum Gasteiger partial charge on any atom is -0.274 e. The molecule has 1 atom stereocenters. The molecule has 0 N–H and O–H groups in total. The molecule has 1 saturated heterocycles. The van der Waals surface area contributed by atoms with Crippen molar-refractivity contribution >= 4 is 5.91 Å². The van der Waals surface area contributed by atoms with Crippen molar-refractivity contribution in [1.82, 2.24) is 5.06 Å². The van der Waals surface area contributed by atoms with Crippen LogP contribution in [0.3, 0.4) is 0 Å². The van der Waals surface area contributed by atoms with E-state index in [0.717, 1.165) is 12.8 Å². The lowest BCUT2D eigenvalue weighted by molar-refractivity contribution is -0.206. The summed E-state index contributed by atoms with van der Waals surface area (Å²) >= 11 is 0. The van der Waals surface area contributed by atoms with Crippen LogP contribution in [0, 0.1) is 5.41 Å². The van der Waals surface area contributed by atoms with Gasteiger partial charge in [-0.3, -0.25) is 9.63 Å². The zero-order valence-corrected chi connectivity index (χ0v) is 9.30. The number of azide groups is 1. The molecule has 0 aromatic rings. The van der Waals surface area contributed by atoms with E-state index in [0.29, 0.717) is 0 Å². The van der Waals surface area contributed by atoms with Crippen molar-refractivity contribution in [2.45, 2.75) is 32.7 Å². The summed E-state index contributed by atoms with van der Waals surface area (Å²) in [5.74, 6) is -0.0469. The van der Waals surface area contributed by atoms with Gasteiger partial charge in [0.1, 0.15) is 0 Å². The monoisotopic (exact) mass is 212 g/mol. The van der Waals surface area contributed by atoms with Gasteiger partial charge in [0.25, 0.3) is 5.91 Å². The van der Waals surface area contributed by atoms with Crippen LogP contribution in [0.5, 0.6) is 0 Å². The van der Waals surface area contributed by atoms with Gasteiger partial charge in [-0.2, -0.15) is 0 Å². The standard InChI is InChI=1S/C9H16N4O2/c1-9(2)5-4-7(6-11-12-10)13(15-3)8(9)14/h7H,4-6H2,1-3H3. The maximum absolute atomic E-state index is 11.9. The van der Waals surface area contributed by atoms with Crippen LogP contribution >= 0.6 is 0 Å². The SMILES string of the molecule is CON1C(=O)C(C)(C)CCC1CN=[N+]=[N-]. The zero-order valence-electron chi connectivity index (χ0n) is 9.30. The first-order valence-corrected chi connectivity index (χ1v) is 4.91. The Kier molecular flexibility index (Phi) is 3.55. The van der Waals surface area contributed by atoms with Gasteiger partial charge in [0.15, 0.2) is 0 Å². The van der Waals surface area contributed by atoms with Crippen LogP contribution < -0.4 is 0 Å². The Bertz CT molecular complexity index is 296. The summed E-state index contributed by atoms with van der Waals surface area (Å²) < 4.78 is 0. The van der Waals surface area contributed by atoms with E-state index in [2.05, 4.69) is 10.0 Å². The topological polar surface area (TPSA) is 78.3 Å². The quantitative estimate of drug-likeness (QED) is 0.406. The molecule has 6 nitrogen and oxygen atoms in total. The van der Waals surface area contributed by atoms with Crippen molar-refractivity contribution in [3.63, 3.8) is 0 Å². The van der Waals surface area contributed by atoms with Gasteiger partial charge < -0.3 is 0 Å². The van der Waals surface area contributed by atoms with Crippen molar-refractivity contribution in [2.75, 3.05) is 13.7 Å². The summed E-state index contributed by atoms with van der Waals surface area (Å²) in [6, 6.07) is -0.133. The second-order valence-corrected chi connectivity index (χ2v) is 4.30. The third-order valence-corrected chi connectivity index (χ3v) is 2.77. The van der Waals surface area contributed by atoms with E-state index in [1.807, 2.05) is 13.8 Å². The van der Waals surface area contributed by atoms with Crippen molar-refractivity contribution < 1.29 is 9.63 Å². The molecule has 0 aliphatic carbocycles. The number of carbonyl (C=O) groups is 1. The minimum atomic E-state index is -0.386. The average molecular weight is 212 g/mol. The number of amides is 1. The van der Waals surface area contributed by atoms with Gasteiger partial charge in [0.05, 0.1) is 13.2 Å². The van der Waals surface area contributed by atoms with E-state index >= 15 is 0 Å². The fourth-order valence-electron chi connectivity index (χ4n) is 1.74. The van der Waals surface area contributed by atoms with Crippen LogP contribution in [-0.2, 0) is 9.63 Å². The zero-order chi connectivity index (χ0) is 11.5. The van der Waals surface area contributed by atoms with Gasteiger partial charge in [-0.05, 0) is 18.4 Å². The lowest BCUT2D eigenvalue weighted by Gasteiger charge is -2.40. The highest BCUT2D eigenvalue weighted by atomic mass is 16.7. The van der Waals surface area contributed by atoms with Crippen molar-refractivity contribution in [1.29, 1.82) is 0 Å². The van der Waals surface area contributed by atoms with E-state index in [1.165, 1.54) is 12.2 Å². The fraction of sp³-hybridized carbons (Fsp3) is 0.889. The molecule has 84 valence electrons. The van der Waals surface area contributed by atoms with Crippen molar-refractivity contribution in [3.8, 4) is 0 Å². The van der Waals surface area contributed by atoms with E-state index < -0.39 is 0 Å². The van der Waals surface area contributed by atoms with E-state index in [-0.39, 0.29) is 23.9 Å². The number of piperidine rings is 1. The van der Waals surface area contributed by atoms with E-state index in [1.54, 1.807) is 0 Å². The predicted molar refractivity (Wildman–Crippen MR) is 54.7 cm³/mol. The predicted octanol–water partition coefficient (Wildman–Crippen LogP) is 1.88. The van der Waals surface area contributed by atoms with Crippen LogP contribution in [0.4, 0.5) is 0 Å². The normalized spacial score (nSPS) is 24.9. The molecule has 1 fully saturated rings. The lowest BCUT2D eigenvalue weighted by Crippen LogP contribution is -2.51. The van der Waals surface area contributed by atoms with Gasteiger partial charge >= 0.3 is 0 Å². The first kappa shape index (κ1) is 11.8. The van der Waals surface area contributed by atoms with Crippen LogP contribution in [0.15, 0.2) is 5.11 Å². The molecule has 0 spiro atoms. The number of hydrogen-bond acceptors (Lipinski definition) is 3. The molecular weight excluding hydrogens is 196 g/mol. The molecular formula is C9H16N4O2. The first-order chi connectivity index (χ1) is 7.03. The van der Waals surface area contributed by atoms with E-state index in [4.69, 9.17) is 10.4 Å². The number of rotatable bonds is 3. The van der Waals surface area contributed by atoms with Gasteiger partial charge in [-0.1, -0.05) is 19.0 Å². The maximum Gasteiger partial charge on any atom is 0.252 e. The highest BCUT2D eigenvalue weighted by Gasteiger charge is 2.40. The molecule has 0 radical (unpaired) electrons. The number of nitrogens with zero attached hydrogens (tertiary/aromatic N) is 4. The Balaban J connectivity index is 2.77. The summed E-state index contributed by atoms with van der Waals surface area (Å²) in [6.45, 7) is 4.06. The highest BCUT2D eigenvalue weighted by molar-refractivity contribution is 5.82.